The van der Waals surface area contributed by atoms with Gasteiger partial charge in [0, 0.05) is 43.0 Å². The Morgan fingerprint density at radius 1 is 0.929 bits per heavy atom. The molecule has 5 nitrogen and oxygen atoms in total. The Labute approximate surface area is 163 Å². The average Bonchev–Trinajstić information content (AvgIpc) is 3.23. The van der Waals surface area contributed by atoms with Gasteiger partial charge in [-0.2, -0.15) is 0 Å². The summed E-state index contributed by atoms with van der Waals surface area (Å²) in [5.74, 6) is 1.59. The summed E-state index contributed by atoms with van der Waals surface area (Å²) in [7, 11) is 0. The predicted molar refractivity (Wildman–Crippen MR) is 107 cm³/mol. The van der Waals surface area contributed by atoms with Crippen molar-refractivity contribution < 1.29 is 4.52 Å². The summed E-state index contributed by atoms with van der Waals surface area (Å²) in [5, 5.41) is 4.26. The Kier molecular flexibility index (Phi) is 4.43. The van der Waals surface area contributed by atoms with Crippen molar-refractivity contribution in [3.8, 4) is 22.7 Å². The van der Waals surface area contributed by atoms with Crippen molar-refractivity contribution in [2.24, 2.45) is 0 Å². The molecule has 138 valence electrons. The maximum atomic E-state index is 5.54. The fourth-order valence-electron chi connectivity index (χ4n) is 3.57. The van der Waals surface area contributed by atoms with Crippen molar-refractivity contribution in [1.29, 1.82) is 0 Å². The second-order valence-electron chi connectivity index (χ2n) is 7.04. The number of rotatable bonds is 4. The van der Waals surface area contributed by atoms with Gasteiger partial charge in [-0.1, -0.05) is 65.8 Å². The van der Waals surface area contributed by atoms with Gasteiger partial charge in [-0.05, 0) is 12.0 Å². The van der Waals surface area contributed by atoms with Gasteiger partial charge in [0.15, 0.2) is 11.6 Å². The van der Waals surface area contributed by atoms with Crippen molar-refractivity contribution in [3.63, 3.8) is 0 Å². The second kappa shape index (κ2) is 7.37. The molecule has 0 unspecified atom stereocenters. The molecular weight excluding hydrogens is 348 g/mol. The molecule has 0 atom stereocenters. The van der Waals surface area contributed by atoms with Crippen LogP contribution in [0.4, 0.5) is 0 Å². The molecule has 4 aromatic rings. The van der Waals surface area contributed by atoms with E-state index < -0.39 is 0 Å². The van der Waals surface area contributed by atoms with Crippen molar-refractivity contribution >= 4 is 0 Å². The van der Waals surface area contributed by atoms with Gasteiger partial charge in [0.2, 0.25) is 0 Å². The van der Waals surface area contributed by atoms with Gasteiger partial charge in [-0.25, -0.2) is 9.97 Å². The van der Waals surface area contributed by atoms with E-state index in [1.807, 2.05) is 72.9 Å². The molecule has 0 spiro atoms. The molecule has 0 fully saturated rings. The minimum Gasteiger partial charge on any atom is -0.356 e. The van der Waals surface area contributed by atoms with Crippen molar-refractivity contribution in [2.75, 3.05) is 6.54 Å². The van der Waals surface area contributed by atoms with E-state index in [4.69, 9.17) is 9.51 Å². The van der Waals surface area contributed by atoms with Crippen LogP contribution in [0.2, 0.25) is 0 Å². The maximum Gasteiger partial charge on any atom is 0.167 e. The first kappa shape index (κ1) is 16.8. The lowest BCUT2D eigenvalue weighted by Gasteiger charge is -2.27. The highest BCUT2D eigenvalue weighted by Gasteiger charge is 2.20. The van der Waals surface area contributed by atoms with Gasteiger partial charge in [0.1, 0.15) is 0 Å². The molecule has 3 heterocycles. The summed E-state index contributed by atoms with van der Waals surface area (Å²) >= 11 is 0. The van der Waals surface area contributed by atoms with Gasteiger partial charge in [0.25, 0.3) is 0 Å². The average molecular weight is 368 g/mol. The minimum atomic E-state index is 0.750. The molecule has 0 aliphatic carbocycles. The van der Waals surface area contributed by atoms with Gasteiger partial charge < -0.3 is 4.52 Å². The Hall–Kier alpha value is -3.31. The molecule has 0 saturated carbocycles. The quantitative estimate of drug-likeness (QED) is 0.536. The van der Waals surface area contributed by atoms with Gasteiger partial charge in [-0.3, -0.25) is 4.90 Å². The van der Waals surface area contributed by atoms with Crippen LogP contribution in [0.25, 0.3) is 22.7 Å². The summed E-state index contributed by atoms with van der Waals surface area (Å²) in [6, 6.07) is 22.2. The van der Waals surface area contributed by atoms with E-state index in [-0.39, 0.29) is 0 Å². The van der Waals surface area contributed by atoms with Crippen LogP contribution < -0.4 is 0 Å². The monoisotopic (exact) mass is 368 g/mol. The number of benzene rings is 2. The van der Waals surface area contributed by atoms with E-state index >= 15 is 0 Å². The number of nitrogens with zero attached hydrogens (tertiary/aromatic N) is 4. The Morgan fingerprint density at radius 3 is 2.46 bits per heavy atom. The van der Waals surface area contributed by atoms with Crippen LogP contribution in [0, 0.1) is 0 Å². The van der Waals surface area contributed by atoms with E-state index in [1.165, 1.54) is 5.56 Å². The van der Waals surface area contributed by atoms with E-state index in [1.54, 1.807) is 0 Å². The molecule has 5 heteroatoms. The van der Waals surface area contributed by atoms with Crippen LogP contribution >= 0.6 is 0 Å². The minimum absolute atomic E-state index is 0.750. The largest absolute Gasteiger partial charge is 0.356 e. The molecule has 2 aromatic heterocycles. The number of hydrogen-bond donors (Lipinski definition) is 0. The van der Waals surface area contributed by atoms with Gasteiger partial charge >= 0.3 is 0 Å². The van der Waals surface area contributed by atoms with Crippen molar-refractivity contribution in [1.82, 2.24) is 20.0 Å². The second-order valence-corrected chi connectivity index (χ2v) is 7.04. The van der Waals surface area contributed by atoms with Crippen molar-refractivity contribution in [2.45, 2.75) is 19.5 Å². The van der Waals surface area contributed by atoms with Crippen LogP contribution in [-0.4, -0.2) is 26.6 Å². The molecule has 0 radical (unpaired) electrons. The first-order valence-corrected chi connectivity index (χ1v) is 9.49. The van der Waals surface area contributed by atoms with E-state index in [0.29, 0.717) is 0 Å². The topological polar surface area (TPSA) is 55.1 Å². The van der Waals surface area contributed by atoms with Crippen LogP contribution in [-0.2, 0) is 19.5 Å². The molecule has 2 aromatic carbocycles. The normalized spacial score (nSPS) is 14.0. The highest BCUT2D eigenvalue weighted by atomic mass is 16.5. The molecule has 0 N–H and O–H groups in total. The predicted octanol–water partition coefficient (Wildman–Crippen LogP) is 4.36. The lowest BCUT2D eigenvalue weighted by atomic mass is 10.1. The standard InChI is InChI=1S/C23H20N4O/c1-3-7-17(8-4-1)22-13-20(26-28-22)15-27-12-11-19-14-24-23(25-21(19)16-27)18-9-5-2-6-10-18/h1-10,13-14H,11-12,15-16H2. The summed E-state index contributed by atoms with van der Waals surface area (Å²) in [4.78, 5) is 11.7. The molecule has 1 aliphatic heterocycles. The summed E-state index contributed by atoms with van der Waals surface area (Å²) in [6.45, 7) is 2.51. The summed E-state index contributed by atoms with van der Waals surface area (Å²) in [6.07, 6.45) is 2.93. The maximum absolute atomic E-state index is 5.54. The van der Waals surface area contributed by atoms with Gasteiger partial charge in [-0.15, -0.1) is 0 Å². The molecule has 0 amide bonds. The van der Waals surface area contributed by atoms with E-state index in [0.717, 1.165) is 60.2 Å². The van der Waals surface area contributed by atoms with Gasteiger partial charge in [0.05, 0.1) is 11.4 Å². The first-order valence-electron chi connectivity index (χ1n) is 9.49. The van der Waals surface area contributed by atoms with Crippen LogP contribution in [0.3, 0.4) is 0 Å². The van der Waals surface area contributed by atoms with Crippen LogP contribution in [0.5, 0.6) is 0 Å². The number of hydrogen-bond acceptors (Lipinski definition) is 5. The van der Waals surface area contributed by atoms with E-state index in [9.17, 15) is 0 Å². The number of fused-ring (bicyclic) bond motifs is 1. The molecule has 0 saturated heterocycles. The van der Waals surface area contributed by atoms with Crippen LogP contribution in [0.15, 0.2) is 77.4 Å². The highest BCUT2D eigenvalue weighted by Crippen LogP contribution is 2.24. The third-order valence-corrected chi connectivity index (χ3v) is 5.06. The Balaban J connectivity index is 1.33. The fraction of sp³-hybridized carbons (Fsp3) is 0.174. The lowest BCUT2D eigenvalue weighted by molar-refractivity contribution is 0.234. The third kappa shape index (κ3) is 3.44. The Bertz CT molecular complexity index is 1080. The highest BCUT2D eigenvalue weighted by molar-refractivity contribution is 5.57. The van der Waals surface area contributed by atoms with Crippen LogP contribution in [0.1, 0.15) is 17.0 Å². The zero-order valence-electron chi connectivity index (χ0n) is 15.5. The zero-order chi connectivity index (χ0) is 18.8. The molecule has 1 aliphatic rings. The molecule has 5 rings (SSSR count). The summed E-state index contributed by atoms with van der Waals surface area (Å²) < 4.78 is 5.54. The smallest absolute Gasteiger partial charge is 0.167 e. The zero-order valence-corrected chi connectivity index (χ0v) is 15.5. The summed E-state index contributed by atoms with van der Waals surface area (Å²) in [5.41, 5.74) is 5.38. The molecule has 0 bridgehead atoms. The first-order chi connectivity index (χ1) is 13.8. The Morgan fingerprint density at radius 2 is 1.68 bits per heavy atom. The fourth-order valence-corrected chi connectivity index (χ4v) is 3.57. The molecule has 28 heavy (non-hydrogen) atoms. The third-order valence-electron chi connectivity index (χ3n) is 5.06. The molecular formula is C23H20N4O. The lowest BCUT2D eigenvalue weighted by Crippen LogP contribution is -2.31. The van der Waals surface area contributed by atoms with Crippen molar-refractivity contribution in [3.05, 3.63) is 89.9 Å². The SMILES string of the molecule is c1ccc(-c2ncc3c(n2)CN(Cc2cc(-c4ccccc4)on2)CC3)cc1. The number of aromatic nitrogens is 3. The van der Waals surface area contributed by atoms with E-state index in [2.05, 4.69) is 15.0 Å².